The number of aromatic nitrogens is 2. The molecule has 0 N–H and O–H groups in total. The van der Waals surface area contributed by atoms with Gasteiger partial charge in [-0.2, -0.15) is 4.99 Å². The van der Waals surface area contributed by atoms with Crippen LogP contribution in [-0.4, -0.2) is 39.6 Å². The van der Waals surface area contributed by atoms with Gasteiger partial charge in [-0.15, -0.1) is 17.9 Å². The van der Waals surface area contributed by atoms with Crippen LogP contribution in [0.3, 0.4) is 0 Å². The van der Waals surface area contributed by atoms with E-state index >= 15 is 0 Å². The highest BCUT2D eigenvalue weighted by Gasteiger charge is 2.33. The zero-order valence-corrected chi connectivity index (χ0v) is 16.7. The summed E-state index contributed by atoms with van der Waals surface area (Å²) in [6, 6.07) is 9.61. The standard InChI is InChI=1S/C20H16N4O2S2/c1-3-10-24-18(25)16(28-20(24)23-19-21-9-11-27-19)12-14-8-7-13-5-4-6-15(26-2)17(13)22-14/h3-9,11-12H,1,10H2,2H3/b16-12-,23-20-. The lowest BCUT2D eigenvalue weighted by Gasteiger charge is -2.11. The highest BCUT2D eigenvalue weighted by Crippen LogP contribution is 2.34. The van der Waals surface area contributed by atoms with Gasteiger partial charge < -0.3 is 4.74 Å². The molecule has 3 aromatic rings. The van der Waals surface area contributed by atoms with Crippen LogP contribution in [0, 0.1) is 0 Å². The Balaban J connectivity index is 1.72. The summed E-state index contributed by atoms with van der Waals surface area (Å²) >= 11 is 2.73. The molecule has 140 valence electrons. The van der Waals surface area contributed by atoms with Crippen LogP contribution in [0.2, 0.25) is 0 Å². The van der Waals surface area contributed by atoms with Gasteiger partial charge in [0.2, 0.25) is 5.13 Å². The van der Waals surface area contributed by atoms with Crippen molar-refractivity contribution >= 4 is 56.3 Å². The summed E-state index contributed by atoms with van der Waals surface area (Å²) in [5.74, 6) is 0.574. The summed E-state index contributed by atoms with van der Waals surface area (Å²) in [6.45, 7) is 4.12. The first-order chi connectivity index (χ1) is 13.7. The SMILES string of the molecule is C=CCN1C(=O)/C(=C/c2ccc3cccc(OC)c3n2)S/C1=N\c1nccs1. The third kappa shape index (κ3) is 3.56. The number of hydrogen-bond donors (Lipinski definition) is 0. The third-order valence-corrected chi connectivity index (χ3v) is 5.69. The van der Waals surface area contributed by atoms with Crippen LogP contribution in [0.25, 0.3) is 17.0 Å². The Bertz CT molecular complexity index is 1110. The number of amides is 1. The van der Waals surface area contributed by atoms with E-state index in [1.165, 1.54) is 23.1 Å². The van der Waals surface area contributed by atoms with Crippen LogP contribution < -0.4 is 4.74 Å². The van der Waals surface area contributed by atoms with Crippen molar-refractivity contribution in [1.82, 2.24) is 14.9 Å². The topological polar surface area (TPSA) is 67.7 Å². The number of amidine groups is 1. The number of carbonyl (C=O) groups is 1. The van der Waals surface area contributed by atoms with Crippen molar-refractivity contribution in [3.63, 3.8) is 0 Å². The fourth-order valence-corrected chi connectivity index (χ4v) is 4.28. The smallest absolute Gasteiger partial charge is 0.267 e. The monoisotopic (exact) mass is 408 g/mol. The number of para-hydroxylation sites is 1. The van der Waals surface area contributed by atoms with Crippen LogP contribution in [0.1, 0.15) is 5.69 Å². The van der Waals surface area contributed by atoms with Crippen molar-refractivity contribution in [3.8, 4) is 5.75 Å². The second kappa shape index (κ2) is 7.95. The Morgan fingerprint density at radius 1 is 1.32 bits per heavy atom. The van der Waals surface area contributed by atoms with Gasteiger partial charge in [0.15, 0.2) is 5.17 Å². The first-order valence-corrected chi connectivity index (χ1v) is 10.1. The second-order valence-electron chi connectivity index (χ2n) is 5.79. The number of methoxy groups -OCH3 is 1. The Labute approximate surface area is 170 Å². The molecule has 3 heterocycles. The molecule has 1 saturated heterocycles. The highest BCUT2D eigenvalue weighted by atomic mass is 32.2. The van der Waals surface area contributed by atoms with E-state index in [4.69, 9.17) is 4.74 Å². The number of pyridine rings is 1. The van der Waals surface area contributed by atoms with Crippen LogP contribution in [0.15, 0.2) is 64.5 Å². The van der Waals surface area contributed by atoms with Gasteiger partial charge in [-0.1, -0.05) is 24.3 Å². The third-order valence-electron chi connectivity index (χ3n) is 4.01. The molecular weight excluding hydrogens is 392 g/mol. The number of fused-ring (bicyclic) bond motifs is 1. The fraction of sp³-hybridized carbons (Fsp3) is 0.100. The van der Waals surface area contributed by atoms with Gasteiger partial charge in [-0.25, -0.2) is 9.97 Å². The van der Waals surface area contributed by atoms with Crippen LogP contribution in [0.5, 0.6) is 5.75 Å². The lowest BCUT2D eigenvalue weighted by molar-refractivity contribution is -0.121. The minimum absolute atomic E-state index is 0.123. The minimum Gasteiger partial charge on any atom is -0.494 e. The molecule has 0 bridgehead atoms. The summed E-state index contributed by atoms with van der Waals surface area (Å²) in [5.41, 5.74) is 1.44. The second-order valence-corrected chi connectivity index (χ2v) is 7.67. The van der Waals surface area contributed by atoms with E-state index in [1.807, 2.05) is 35.7 Å². The van der Waals surface area contributed by atoms with E-state index in [-0.39, 0.29) is 5.91 Å². The molecule has 1 amide bonds. The van der Waals surface area contributed by atoms with Gasteiger partial charge in [0.1, 0.15) is 11.3 Å². The molecular formula is C20H16N4O2S2. The van der Waals surface area contributed by atoms with Crippen molar-refractivity contribution in [2.45, 2.75) is 0 Å². The number of nitrogens with zero attached hydrogens (tertiary/aromatic N) is 4. The summed E-state index contributed by atoms with van der Waals surface area (Å²) < 4.78 is 5.40. The van der Waals surface area contributed by atoms with Gasteiger partial charge in [0.05, 0.1) is 17.7 Å². The van der Waals surface area contributed by atoms with E-state index in [2.05, 4.69) is 21.5 Å². The molecule has 0 spiro atoms. The number of benzene rings is 1. The fourth-order valence-electron chi connectivity index (χ4n) is 2.75. The molecule has 6 nitrogen and oxygen atoms in total. The average molecular weight is 409 g/mol. The lowest BCUT2D eigenvalue weighted by atomic mass is 10.2. The van der Waals surface area contributed by atoms with Gasteiger partial charge in [-0.05, 0) is 30.0 Å². The maximum absolute atomic E-state index is 12.9. The Hall–Kier alpha value is -2.97. The van der Waals surface area contributed by atoms with Crippen LogP contribution in [-0.2, 0) is 4.79 Å². The summed E-state index contributed by atoms with van der Waals surface area (Å²) in [6.07, 6.45) is 5.14. The van der Waals surface area contributed by atoms with E-state index < -0.39 is 0 Å². The molecule has 0 unspecified atom stereocenters. The zero-order chi connectivity index (χ0) is 19.5. The Morgan fingerprint density at radius 3 is 2.96 bits per heavy atom. The van der Waals surface area contributed by atoms with E-state index in [0.717, 1.165) is 10.9 Å². The largest absolute Gasteiger partial charge is 0.494 e. The van der Waals surface area contributed by atoms with Gasteiger partial charge in [0.25, 0.3) is 5.91 Å². The van der Waals surface area contributed by atoms with E-state index in [9.17, 15) is 4.79 Å². The number of aliphatic imine (C=N–C) groups is 1. The van der Waals surface area contributed by atoms with E-state index in [1.54, 1.807) is 30.4 Å². The normalized spacial score (nSPS) is 17.0. The summed E-state index contributed by atoms with van der Waals surface area (Å²) in [7, 11) is 1.62. The molecule has 28 heavy (non-hydrogen) atoms. The van der Waals surface area contributed by atoms with Crippen molar-refractivity contribution in [3.05, 3.63) is 65.2 Å². The predicted molar refractivity (Wildman–Crippen MR) is 115 cm³/mol. The molecule has 1 aliphatic rings. The molecule has 0 atom stereocenters. The highest BCUT2D eigenvalue weighted by molar-refractivity contribution is 8.18. The van der Waals surface area contributed by atoms with Gasteiger partial charge in [-0.3, -0.25) is 9.69 Å². The Morgan fingerprint density at radius 2 is 2.21 bits per heavy atom. The van der Waals surface area contributed by atoms with Gasteiger partial charge in [0, 0.05) is 23.5 Å². The van der Waals surface area contributed by atoms with Crippen molar-refractivity contribution in [1.29, 1.82) is 0 Å². The molecule has 4 rings (SSSR count). The first-order valence-electron chi connectivity index (χ1n) is 8.44. The number of hydrogen-bond acceptors (Lipinski definition) is 7. The molecule has 0 radical (unpaired) electrons. The average Bonchev–Trinajstić information content (AvgIpc) is 3.32. The van der Waals surface area contributed by atoms with Crippen molar-refractivity contribution < 1.29 is 9.53 Å². The molecule has 1 aromatic carbocycles. The summed E-state index contributed by atoms with van der Waals surface area (Å²) in [5, 5.41) is 4.02. The van der Waals surface area contributed by atoms with E-state index in [0.29, 0.717) is 33.2 Å². The molecule has 2 aromatic heterocycles. The van der Waals surface area contributed by atoms with Crippen molar-refractivity contribution in [2.75, 3.05) is 13.7 Å². The molecule has 0 saturated carbocycles. The minimum atomic E-state index is -0.123. The molecule has 8 heteroatoms. The lowest BCUT2D eigenvalue weighted by Crippen LogP contribution is -2.29. The van der Waals surface area contributed by atoms with Crippen LogP contribution in [0.4, 0.5) is 5.13 Å². The summed E-state index contributed by atoms with van der Waals surface area (Å²) in [4.78, 5) is 28.3. The predicted octanol–water partition coefficient (Wildman–Crippen LogP) is 4.49. The van der Waals surface area contributed by atoms with Crippen molar-refractivity contribution in [2.24, 2.45) is 4.99 Å². The van der Waals surface area contributed by atoms with Crippen LogP contribution >= 0.6 is 23.1 Å². The number of thioether (sulfide) groups is 1. The quantitative estimate of drug-likeness (QED) is 0.460. The van der Waals surface area contributed by atoms with Gasteiger partial charge >= 0.3 is 0 Å². The number of ether oxygens (including phenoxy) is 1. The number of carbonyl (C=O) groups excluding carboxylic acids is 1. The maximum Gasteiger partial charge on any atom is 0.267 e. The number of rotatable bonds is 5. The molecule has 0 aliphatic carbocycles. The molecule has 1 fully saturated rings. The first kappa shape index (κ1) is 18.4. The zero-order valence-electron chi connectivity index (χ0n) is 15.0. The Kier molecular flexibility index (Phi) is 5.23. The molecule has 1 aliphatic heterocycles. The number of thiazole rings is 1. The maximum atomic E-state index is 12.9.